The molecule has 2 aromatic carbocycles. The number of amides is 2. The van der Waals surface area contributed by atoms with Gasteiger partial charge < -0.3 is 10.2 Å². The summed E-state index contributed by atoms with van der Waals surface area (Å²) in [7, 11) is -4.02. The van der Waals surface area contributed by atoms with Gasteiger partial charge in [-0.2, -0.15) is 0 Å². The Labute approximate surface area is 194 Å². The van der Waals surface area contributed by atoms with Gasteiger partial charge in [0.05, 0.1) is 11.9 Å². The van der Waals surface area contributed by atoms with E-state index in [0.29, 0.717) is 16.9 Å². The van der Waals surface area contributed by atoms with Crippen molar-refractivity contribution in [2.75, 3.05) is 23.7 Å². The number of likely N-dealkylation sites (N-methyl/N-ethyl adjacent to an activating group) is 1. The Morgan fingerprint density at radius 3 is 2.25 bits per heavy atom. The molecule has 2 aromatic rings. The van der Waals surface area contributed by atoms with Crippen LogP contribution >= 0.6 is 15.9 Å². The molecule has 0 saturated heterocycles. The minimum atomic E-state index is -4.02. The number of benzene rings is 2. The van der Waals surface area contributed by atoms with E-state index in [1.165, 1.54) is 11.8 Å². The van der Waals surface area contributed by atoms with Crippen LogP contribution in [-0.4, -0.2) is 50.5 Å². The SMILES string of the molecule is CCNC(=O)[C@@H](C)N(Cc1ccc(Br)cc1)C(=O)CN(c1ccc(F)c(F)c1)S(C)(=O)=O. The van der Waals surface area contributed by atoms with Crippen molar-refractivity contribution < 1.29 is 26.8 Å². The Bertz CT molecular complexity index is 1080. The van der Waals surface area contributed by atoms with Crippen LogP contribution in [0.25, 0.3) is 0 Å². The van der Waals surface area contributed by atoms with Crippen molar-refractivity contribution in [3.8, 4) is 0 Å². The molecule has 0 heterocycles. The minimum Gasteiger partial charge on any atom is -0.355 e. The standard InChI is InChI=1S/C21H24BrF2N3O4S/c1-4-25-21(29)14(2)26(12-15-5-7-16(22)8-6-15)20(28)13-27(32(3,30)31)17-9-10-18(23)19(24)11-17/h5-11,14H,4,12-13H2,1-3H3,(H,25,29)/t14-/m1/s1. The van der Waals surface area contributed by atoms with Crippen molar-refractivity contribution in [2.24, 2.45) is 0 Å². The zero-order valence-electron chi connectivity index (χ0n) is 17.8. The van der Waals surface area contributed by atoms with Crippen molar-refractivity contribution in [1.82, 2.24) is 10.2 Å². The molecule has 0 aliphatic carbocycles. The molecule has 0 spiro atoms. The second kappa shape index (κ2) is 10.9. The number of anilines is 1. The van der Waals surface area contributed by atoms with Gasteiger partial charge >= 0.3 is 0 Å². The predicted molar refractivity (Wildman–Crippen MR) is 121 cm³/mol. The first-order valence-electron chi connectivity index (χ1n) is 9.68. The van der Waals surface area contributed by atoms with E-state index in [9.17, 15) is 26.8 Å². The van der Waals surface area contributed by atoms with E-state index in [-0.39, 0.29) is 12.2 Å². The third-order valence-corrected chi connectivity index (χ3v) is 6.32. The molecule has 0 radical (unpaired) electrons. The number of hydrogen-bond donors (Lipinski definition) is 1. The van der Waals surface area contributed by atoms with Crippen LogP contribution in [0.2, 0.25) is 0 Å². The number of rotatable bonds is 9. The summed E-state index contributed by atoms with van der Waals surface area (Å²) in [6.45, 7) is 2.97. The molecule has 11 heteroatoms. The third-order valence-electron chi connectivity index (χ3n) is 4.65. The van der Waals surface area contributed by atoms with Crippen LogP contribution in [0.1, 0.15) is 19.4 Å². The first-order chi connectivity index (χ1) is 14.9. The Balaban J connectivity index is 2.39. The molecule has 2 rings (SSSR count). The van der Waals surface area contributed by atoms with E-state index < -0.39 is 46.1 Å². The average Bonchev–Trinajstić information content (AvgIpc) is 2.72. The van der Waals surface area contributed by atoms with Crippen LogP contribution < -0.4 is 9.62 Å². The molecule has 174 valence electrons. The van der Waals surface area contributed by atoms with Gasteiger partial charge in [0.2, 0.25) is 21.8 Å². The molecule has 0 aliphatic heterocycles. The Morgan fingerprint density at radius 2 is 1.72 bits per heavy atom. The minimum absolute atomic E-state index is 0.0415. The monoisotopic (exact) mass is 531 g/mol. The number of carbonyl (C=O) groups is 2. The fraction of sp³-hybridized carbons (Fsp3) is 0.333. The average molecular weight is 532 g/mol. The number of nitrogens with one attached hydrogen (secondary N) is 1. The summed E-state index contributed by atoms with van der Waals surface area (Å²) >= 11 is 3.33. The van der Waals surface area contributed by atoms with E-state index >= 15 is 0 Å². The van der Waals surface area contributed by atoms with Crippen LogP contribution in [0.15, 0.2) is 46.9 Å². The molecule has 1 N–H and O–H groups in total. The molecule has 0 aromatic heterocycles. The second-order valence-electron chi connectivity index (χ2n) is 7.09. The number of sulfonamides is 1. The van der Waals surface area contributed by atoms with E-state index in [0.717, 1.165) is 28.4 Å². The molecule has 1 atom stereocenters. The van der Waals surface area contributed by atoms with Crippen LogP contribution in [0.4, 0.5) is 14.5 Å². The highest BCUT2D eigenvalue weighted by molar-refractivity contribution is 9.10. The van der Waals surface area contributed by atoms with E-state index in [1.54, 1.807) is 31.2 Å². The molecule has 32 heavy (non-hydrogen) atoms. The Morgan fingerprint density at radius 1 is 1.09 bits per heavy atom. The van der Waals surface area contributed by atoms with Crippen molar-refractivity contribution in [2.45, 2.75) is 26.4 Å². The molecule has 0 unspecified atom stereocenters. The van der Waals surface area contributed by atoms with Crippen LogP contribution in [0, 0.1) is 11.6 Å². The van der Waals surface area contributed by atoms with Gasteiger partial charge in [0.15, 0.2) is 11.6 Å². The van der Waals surface area contributed by atoms with Gasteiger partial charge in [0.25, 0.3) is 0 Å². The summed E-state index contributed by atoms with van der Waals surface area (Å²) in [5.41, 5.74) is 0.519. The van der Waals surface area contributed by atoms with Crippen LogP contribution in [0.5, 0.6) is 0 Å². The maximum absolute atomic E-state index is 13.7. The van der Waals surface area contributed by atoms with Crippen molar-refractivity contribution in [3.05, 3.63) is 64.1 Å². The summed E-state index contributed by atoms with van der Waals surface area (Å²) in [4.78, 5) is 26.9. The first-order valence-corrected chi connectivity index (χ1v) is 12.3. The van der Waals surface area contributed by atoms with Crippen LogP contribution in [0.3, 0.4) is 0 Å². The highest BCUT2D eigenvalue weighted by Gasteiger charge is 2.30. The highest BCUT2D eigenvalue weighted by Crippen LogP contribution is 2.22. The van der Waals surface area contributed by atoms with E-state index in [1.807, 2.05) is 0 Å². The maximum atomic E-state index is 13.7. The van der Waals surface area contributed by atoms with Gasteiger partial charge in [0.1, 0.15) is 12.6 Å². The van der Waals surface area contributed by atoms with E-state index in [4.69, 9.17) is 0 Å². The quantitative estimate of drug-likeness (QED) is 0.538. The normalized spacial score (nSPS) is 12.2. The molecule has 0 fully saturated rings. The summed E-state index contributed by atoms with van der Waals surface area (Å²) < 4.78 is 53.2. The third kappa shape index (κ3) is 6.73. The largest absolute Gasteiger partial charge is 0.355 e. The number of carbonyl (C=O) groups excluding carboxylic acids is 2. The molecule has 2 amide bonds. The summed E-state index contributed by atoms with van der Waals surface area (Å²) in [6.07, 6.45) is 0.855. The number of hydrogen-bond acceptors (Lipinski definition) is 4. The first kappa shape index (κ1) is 25.7. The summed E-state index contributed by atoms with van der Waals surface area (Å²) in [5.74, 6) is -3.47. The van der Waals surface area contributed by atoms with Gasteiger partial charge in [-0.15, -0.1) is 0 Å². The number of halogens is 3. The summed E-state index contributed by atoms with van der Waals surface area (Å²) in [5, 5.41) is 2.64. The van der Waals surface area contributed by atoms with E-state index in [2.05, 4.69) is 21.2 Å². The molecular weight excluding hydrogens is 508 g/mol. The Hall–Kier alpha value is -2.53. The molecule has 7 nitrogen and oxygen atoms in total. The van der Waals surface area contributed by atoms with Crippen LogP contribution in [-0.2, 0) is 26.2 Å². The molecular formula is C21H24BrF2N3O4S. The fourth-order valence-electron chi connectivity index (χ4n) is 2.94. The maximum Gasteiger partial charge on any atom is 0.244 e. The van der Waals surface area contributed by atoms with Crippen molar-refractivity contribution in [1.29, 1.82) is 0 Å². The molecule has 0 saturated carbocycles. The van der Waals surface area contributed by atoms with Gasteiger partial charge in [-0.1, -0.05) is 28.1 Å². The topological polar surface area (TPSA) is 86.8 Å². The Kier molecular flexibility index (Phi) is 8.73. The lowest BCUT2D eigenvalue weighted by Gasteiger charge is -2.31. The van der Waals surface area contributed by atoms with Gasteiger partial charge in [-0.3, -0.25) is 13.9 Å². The lowest BCUT2D eigenvalue weighted by Crippen LogP contribution is -2.51. The van der Waals surface area contributed by atoms with Crippen molar-refractivity contribution in [3.63, 3.8) is 0 Å². The van der Waals surface area contributed by atoms with Gasteiger partial charge in [-0.05, 0) is 43.7 Å². The molecule has 0 aliphatic rings. The predicted octanol–water partition coefficient (Wildman–Crippen LogP) is 3.05. The lowest BCUT2D eigenvalue weighted by atomic mass is 10.1. The smallest absolute Gasteiger partial charge is 0.244 e. The lowest BCUT2D eigenvalue weighted by molar-refractivity contribution is -0.139. The summed E-state index contributed by atoms with van der Waals surface area (Å²) in [6, 6.07) is 8.73. The van der Waals surface area contributed by atoms with Crippen molar-refractivity contribution >= 4 is 43.5 Å². The number of nitrogens with zero attached hydrogens (tertiary/aromatic N) is 2. The molecule has 0 bridgehead atoms. The fourth-order valence-corrected chi connectivity index (χ4v) is 4.05. The zero-order chi connectivity index (χ0) is 24.1. The van der Waals surface area contributed by atoms with Gasteiger partial charge in [-0.25, -0.2) is 17.2 Å². The zero-order valence-corrected chi connectivity index (χ0v) is 20.2. The highest BCUT2D eigenvalue weighted by atomic mass is 79.9. The van der Waals surface area contributed by atoms with Gasteiger partial charge in [0, 0.05) is 23.6 Å². The second-order valence-corrected chi connectivity index (χ2v) is 9.91.